The smallest absolute Gasteiger partial charge is 0.462 e. The lowest BCUT2D eigenvalue weighted by molar-refractivity contribution is -0.870. The number of carbonyl (C=O) groups is 2. The highest BCUT2D eigenvalue weighted by atomic mass is 31.2. The summed E-state index contributed by atoms with van der Waals surface area (Å²) in [5, 5.41) is 0. The number of allylic oxidation sites excluding steroid dienone is 10. The Morgan fingerprint density at radius 3 is 1.58 bits per heavy atom. The zero-order valence-electron chi connectivity index (χ0n) is 34.2. The molecule has 2 unspecified atom stereocenters. The Labute approximate surface area is 324 Å². The van der Waals surface area contributed by atoms with Crippen molar-refractivity contribution >= 4 is 19.8 Å². The molecule has 1 N–H and O–H groups in total. The zero-order chi connectivity index (χ0) is 39.3. The molecule has 10 heteroatoms. The van der Waals surface area contributed by atoms with Gasteiger partial charge in [0.2, 0.25) is 0 Å². The molecule has 0 saturated heterocycles. The normalized spacial score (nSPS) is 14.3. The number of phosphoric ester groups is 1. The molecule has 0 aliphatic carbocycles. The molecular weight excluding hydrogens is 689 g/mol. The van der Waals surface area contributed by atoms with E-state index in [1.165, 1.54) is 51.4 Å². The van der Waals surface area contributed by atoms with Crippen LogP contribution in [0.15, 0.2) is 60.8 Å². The van der Waals surface area contributed by atoms with Crippen molar-refractivity contribution < 1.29 is 42.1 Å². The molecule has 9 nitrogen and oxygen atoms in total. The molecular formula is C43H77NO8P+. The number of carbonyl (C=O) groups excluding carboxylic acids is 2. The molecule has 0 amide bonds. The van der Waals surface area contributed by atoms with E-state index < -0.39 is 32.5 Å². The van der Waals surface area contributed by atoms with Crippen LogP contribution >= 0.6 is 7.82 Å². The molecule has 2 atom stereocenters. The Morgan fingerprint density at radius 1 is 0.604 bits per heavy atom. The summed E-state index contributed by atoms with van der Waals surface area (Å²) in [6.45, 7) is 4.22. The van der Waals surface area contributed by atoms with Gasteiger partial charge in [0.05, 0.1) is 27.7 Å². The van der Waals surface area contributed by atoms with Crippen molar-refractivity contribution in [2.75, 3.05) is 47.5 Å². The Bertz CT molecular complexity index is 1090. The van der Waals surface area contributed by atoms with Crippen molar-refractivity contribution in [2.45, 2.75) is 155 Å². The van der Waals surface area contributed by atoms with Crippen LogP contribution in [-0.4, -0.2) is 74.9 Å². The first-order chi connectivity index (χ1) is 25.5. The molecule has 0 aromatic rings. The van der Waals surface area contributed by atoms with E-state index in [0.717, 1.165) is 57.8 Å². The highest BCUT2D eigenvalue weighted by molar-refractivity contribution is 7.47. The van der Waals surface area contributed by atoms with Crippen LogP contribution in [0.4, 0.5) is 0 Å². The maximum atomic E-state index is 12.6. The largest absolute Gasteiger partial charge is 0.472 e. The number of ether oxygens (including phenoxy) is 2. The Kier molecular flexibility index (Phi) is 33.9. The van der Waals surface area contributed by atoms with Gasteiger partial charge in [0.15, 0.2) is 6.10 Å². The Balaban J connectivity index is 4.50. The number of hydrogen-bond donors (Lipinski definition) is 1. The molecule has 0 bridgehead atoms. The van der Waals surface area contributed by atoms with E-state index in [2.05, 4.69) is 74.6 Å². The average Bonchev–Trinajstić information content (AvgIpc) is 3.10. The molecule has 0 spiro atoms. The van der Waals surface area contributed by atoms with Gasteiger partial charge in [0, 0.05) is 12.8 Å². The highest BCUT2D eigenvalue weighted by Gasteiger charge is 2.27. The van der Waals surface area contributed by atoms with Crippen LogP contribution in [0.5, 0.6) is 0 Å². The third kappa shape index (κ3) is 39.2. The van der Waals surface area contributed by atoms with Gasteiger partial charge in [-0.05, 0) is 51.4 Å². The Morgan fingerprint density at radius 2 is 1.08 bits per heavy atom. The van der Waals surface area contributed by atoms with E-state index in [9.17, 15) is 19.0 Å². The maximum absolute atomic E-state index is 12.6. The lowest BCUT2D eigenvalue weighted by atomic mass is 10.0. The van der Waals surface area contributed by atoms with Crippen LogP contribution in [0.2, 0.25) is 0 Å². The van der Waals surface area contributed by atoms with E-state index in [-0.39, 0.29) is 26.1 Å². The topological polar surface area (TPSA) is 108 Å². The van der Waals surface area contributed by atoms with Gasteiger partial charge in [-0.15, -0.1) is 0 Å². The van der Waals surface area contributed by atoms with Gasteiger partial charge in [-0.1, -0.05) is 145 Å². The number of nitrogens with zero attached hydrogens (tertiary/aromatic N) is 1. The molecule has 0 fully saturated rings. The van der Waals surface area contributed by atoms with Gasteiger partial charge in [-0.3, -0.25) is 18.6 Å². The quantitative estimate of drug-likeness (QED) is 0.0221. The molecule has 0 rings (SSSR count). The number of likely N-dealkylation sites (N-methyl/N-ethyl adjacent to an activating group) is 1. The van der Waals surface area contributed by atoms with Gasteiger partial charge in [-0.25, -0.2) is 4.57 Å². The second-order valence-electron chi connectivity index (χ2n) is 14.6. The number of esters is 2. The van der Waals surface area contributed by atoms with Gasteiger partial charge in [-0.2, -0.15) is 0 Å². The van der Waals surface area contributed by atoms with Crippen molar-refractivity contribution in [3.05, 3.63) is 60.8 Å². The minimum absolute atomic E-state index is 0.0214. The molecule has 53 heavy (non-hydrogen) atoms. The van der Waals surface area contributed by atoms with E-state index >= 15 is 0 Å². The highest BCUT2D eigenvalue weighted by Crippen LogP contribution is 2.43. The van der Waals surface area contributed by atoms with Gasteiger partial charge >= 0.3 is 19.8 Å². The molecule has 0 radical (unpaired) electrons. The molecule has 0 aromatic heterocycles. The molecule has 0 heterocycles. The first kappa shape index (κ1) is 50.7. The first-order valence-corrected chi connectivity index (χ1v) is 22.0. The van der Waals surface area contributed by atoms with Crippen molar-refractivity contribution in [3.8, 4) is 0 Å². The summed E-state index contributed by atoms with van der Waals surface area (Å²) in [5.41, 5.74) is 0. The Hall–Kier alpha value is -2.29. The number of quaternary nitrogens is 1. The van der Waals surface area contributed by atoms with Gasteiger partial charge in [0.25, 0.3) is 0 Å². The van der Waals surface area contributed by atoms with E-state index in [4.69, 9.17) is 18.5 Å². The lowest BCUT2D eigenvalue weighted by Gasteiger charge is -2.24. The van der Waals surface area contributed by atoms with Crippen LogP contribution in [0.3, 0.4) is 0 Å². The third-order valence-electron chi connectivity index (χ3n) is 8.31. The summed E-state index contributed by atoms with van der Waals surface area (Å²) in [4.78, 5) is 35.2. The van der Waals surface area contributed by atoms with Crippen molar-refractivity contribution in [3.63, 3.8) is 0 Å². The molecule has 0 saturated carbocycles. The summed E-state index contributed by atoms with van der Waals surface area (Å²) < 4.78 is 34.1. The average molecular weight is 767 g/mol. The van der Waals surface area contributed by atoms with Crippen molar-refractivity contribution in [2.24, 2.45) is 0 Å². The SMILES string of the molecule is CC/C=C\C/C=C\C/C=C\C/C=C\C/C=C\CCCC(=O)OCC(COP(=O)(O)OCC[N+](C)(C)C)OC(=O)CCCCCCCCCCCCCC. The molecule has 0 aromatic carbocycles. The minimum Gasteiger partial charge on any atom is -0.462 e. The zero-order valence-corrected chi connectivity index (χ0v) is 35.1. The second-order valence-corrected chi connectivity index (χ2v) is 16.1. The third-order valence-corrected chi connectivity index (χ3v) is 9.30. The molecule has 0 aliphatic heterocycles. The van der Waals surface area contributed by atoms with Crippen LogP contribution in [0.25, 0.3) is 0 Å². The van der Waals surface area contributed by atoms with Crippen LogP contribution in [-0.2, 0) is 32.7 Å². The summed E-state index contributed by atoms with van der Waals surface area (Å²) in [5.74, 6) is -0.871. The fourth-order valence-electron chi connectivity index (χ4n) is 5.11. The number of phosphoric acid groups is 1. The maximum Gasteiger partial charge on any atom is 0.472 e. The number of hydrogen-bond acceptors (Lipinski definition) is 7. The fourth-order valence-corrected chi connectivity index (χ4v) is 5.85. The van der Waals surface area contributed by atoms with Gasteiger partial charge in [0.1, 0.15) is 19.8 Å². The van der Waals surface area contributed by atoms with Crippen LogP contribution in [0.1, 0.15) is 149 Å². The van der Waals surface area contributed by atoms with E-state index in [1.807, 2.05) is 21.1 Å². The molecule has 306 valence electrons. The minimum atomic E-state index is -4.38. The summed E-state index contributed by atoms with van der Waals surface area (Å²) >= 11 is 0. The number of rotatable bonds is 36. The van der Waals surface area contributed by atoms with Gasteiger partial charge < -0.3 is 18.9 Å². The lowest BCUT2D eigenvalue weighted by Crippen LogP contribution is -2.37. The summed E-state index contributed by atoms with van der Waals surface area (Å²) in [6, 6.07) is 0. The van der Waals surface area contributed by atoms with Crippen molar-refractivity contribution in [1.29, 1.82) is 0 Å². The predicted molar refractivity (Wildman–Crippen MR) is 219 cm³/mol. The number of unbranched alkanes of at least 4 members (excludes halogenated alkanes) is 12. The van der Waals surface area contributed by atoms with Crippen LogP contribution < -0.4 is 0 Å². The fraction of sp³-hybridized carbons (Fsp3) is 0.721. The standard InChI is InChI=1S/C43H76NO8P/c1-6-8-10-12-14-16-18-20-21-22-23-24-26-27-29-31-33-35-42(45)49-39-41(40-51-53(47,48)50-38-37-44(3,4)5)52-43(46)36-34-32-30-28-25-19-17-15-13-11-9-7-2/h8,10,14,16,20-21,23-24,27,29,41H,6-7,9,11-13,15,17-19,22,25-26,28,30-40H2,1-5H3/p+1/b10-8-,16-14-,21-20-,24-23-,29-27-. The molecule has 0 aliphatic rings. The summed E-state index contributed by atoms with van der Waals surface area (Å²) in [6.07, 6.45) is 41.3. The predicted octanol–water partition coefficient (Wildman–Crippen LogP) is 11.3. The van der Waals surface area contributed by atoms with Crippen LogP contribution in [0, 0.1) is 0 Å². The van der Waals surface area contributed by atoms with Crippen molar-refractivity contribution in [1.82, 2.24) is 0 Å². The first-order valence-electron chi connectivity index (χ1n) is 20.5. The van der Waals surface area contributed by atoms with E-state index in [1.54, 1.807) is 0 Å². The monoisotopic (exact) mass is 767 g/mol. The van der Waals surface area contributed by atoms with E-state index in [0.29, 0.717) is 23.9 Å². The summed E-state index contributed by atoms with van der Waals surface area (Å²) in [7, 11) is 1.44. The second kappa shape index (κ2) is 35.4.